The zero-order valence-electron chi connectivity index (χ0n) is 18.3. The summed E-state index contributed by atoms with van der Waals surface area (Å²) in [5.74, 6) is 1.83. The number of rotatable bonds is 10. The first-order valence-electron chi connectivity index (χ1n) is 10.6. The minimum Gasteiger partial charge on any atom is -0.493 e. The van der Waals surface area contributed by atoms with Gasteiger partial charge in [-0.05, 0) is 43.7 Å². The minimum atomic E-state index is -0.232. The molecular weight excluding hydrogens is 378 g/mol. The Hall–Kier alpha value is -3.02. The Labute approximate surface area is 178 Å². The fourth-order valence-corrected chi connectivity index (χ4v) is 3.68. The monoisotopic (exact) mass is 409 g/mol. The molecule has 0 aliphatic carbocycles. The fraction of sp³-hybridized carbons (Fsp3) is 0.417. The number of benzene rings is 2. The second kappa shape index (κ2) is 10.1. The van der Waals surface area contributed by atoms with Gasteiger partial charge in [-0.3, -0.25) is 4.79 Å². The lowest BCUT2D eigenvalue weighted by molar-refractivity contribution is 0.0937. The summed E-state index contributed by atoms with van der Waals surface area (Å²) < 4.78 is 12.8. The molecule has 1 N–H and O–H groups in total. The number of ether oxygens (including phenoxy) is 2. The topological polar surface area (TPSA) is 65.4 Å². The summed E-state index contributed by atoms with van der Waals surface area (Å²) in [6.07, 6.45) is 4.72. The Balaban J connectivity index is 1.82. The SMILES string of the molecule is CCCCCCn1c(C(C)NC(=O)c2ccc(OC)c(OC)c2)nc2ccccc21. The van der Waals surface area contributed by atoms with Gasteiger partial charge in [0.1, 0.15) is 5.82 Å². The number of para-hydroxylation sites is 2. The molecule has 0 saturated carbocycles. The number of hydrogen-bond donors (Lipinski definition) is 1. The second-order valence-electron chi connectivity index (χ2n) is 7.44. The number of nitrogens with zero attached hydrogens (tertiary/aromatic N) is 2. The molecule has 1 unspecified atom stereocenters. The highest BCUT2D eigenvalue weighted by Gasteiger charge is 2.19. The summed E-state index contributed by atoms with van der Waals surface area (Å²) in [6, 6.07) is 13.1. The van der Waals surface area contributed by atoms with Crippen molar-refractivity contribution >= 4 is 16.9 Å². The number of fused-ring (bicyclic) bond motifs is 1. The molecule has 1 aromatic heterocycles. The van der Waals surface area contributed by atoms with Crippen LogP contribution in [0.25, 0.3) is 11.0 Å². The van der Waals surface area contributed by atoms with Gasteiger partial charge >= 0.3 is 0 Å². The molecule has 0 fully saturated rings. The van der Waals surface area contributed by atoms with E-state index in [4.69, 9.17) is 14.5 Å². The highest BCUT2D eigenvalue weighted by molar-refractivity contribution is 5.95. The highest BCUT2D eigenvalue weighted by atomic mass is 16.5. The van der Waals surface area contributed by atoms with Gasteiger partial charge in [-0.15, -0.1) is 0 Å². The summed E-state index contributed by atoms with van der Waals surface area (Å²) in [5.41, 5.74) is 2.58. The van der Waals surface area contributed by atoms with Gasteiger partial charge < -0.3 is 19.4 Å². The number of hydrogen-bond acceptors (Lipinski definition) is 4. The molecule has 6 heteroatoms. The van der Waals surface area contributed by atoms with E-state index in [0.29, 0.717) is 17.1 Å². The summed E-state index contributed by atoms with van der Waals surface area (Å²) in [4.78, 5) is 17.7. The zero-order valence-corrected chi connectivity index (χ0v) is 18.3. The van der Waals surface area contributed by atoms with Gasteiger partial charge in [0.2, 0.25) is 0 Å². The molecule has 0 saturated heterocycles. The molecule has 0 aliphatic rings. The van der Waals surface area contributed by atoms with Gasteiger partial charge in [0.05, 0.1) is 31.3 Å². The van der Waals surface area contributed by atoms with Crippen LogP contribution in [0.3, 0.4) is 0 Å². The van der Waals surface area contributed by atoms with E-state index in [2.05, 4.69) is 22.9 Å². The van der Waals surface area contributed by atoms with Crippen molar-refractivity contribution in [1.82, 2.24) is 14.9 Å². The molecule has 0 spiro atoms. The van der Waals surface area contributed by atoms with Crippen molar-refractivity contribution in [1.29, 1.82) is 0 Å². The molecule has 160 valence electrons. The number of carbonyl (C=O) groups is 1. The molecule has 30 heavy (non-hydrogen) atoms. The number of nitrogens with one attached hydrogen (secondary N) is 1. The van der Waals surface area contributed by atoms with Crippen molar-refractivity contribution in [2.45, 2.75) is 52.1 Å². The summed E-state index contributed by atoms with van der Waals surface area (Å²) in [5, 5.41) is 3.09. The van der Waals surface area contributed by atoms with Crippen molar-refractivity contribution in [3.05, 3.63) is 53.9 Å². The number of unbranched alkanes of at least 4 members (excludes halogenated alkanes) is 3. The van der Waals surface area contributed by atoms with E-state index in [0.717, 1.165) is 29.8 Å². The van der Waals surface area contributed by atoms with Crippen LogP contribution in [0.15, 0.2) is 42.5 Å². The van der Waals surface area contributed by atoms with Gasteiger partial charge in [0.15, 0.2) is 11.5 Å². The molecule has 1 atom stereocenters. The number of amides is 1. The van der Waals surface area contributed by atoms with Crippen LogP contribution in [0.4, 0.5) is 0 Å². The number of aryl methyl sites for hydroxylation is 1. The van der Waals surface area contributed by atoms with Crippen molar-refractivity contribution in [2.75, 3.05) is 14.2 Å². The predicted molar refractivity (Wildman–Crippen MR) is 119 cm³/mol. The smallest absolute Gasteiger partial charge is 0.251 e. The molecular formula is C24H31N3O3. The maximum absolute atomic E-state index is 12.9. The van der Waals surface area contributed by atoms with Crippen LogP contribution in [0, 0.1) is 0 Å². The molecule has 0 radical (unpaired) electrons. The number of methoxy groups -OCH3 is 2. The quantitative estimate of drug-likeness (QED) is 0.472. The summed E-state index contributed by atoms with van der Waals surface area (Å²) in [7, 11) is 3.13. The maximum atomic E-state index is 12.9. The van der Waals surface area contributed by atoms with Crippen LogP contribution in [-0.2, 0) is 6.54 Å². The van der Waals surface area contributed by atoms with Crippen LogP contribution in [0.1, 0.15) is 61.8 Å². The van der Waals surface area contributed by atoms with Crippen molar-refractivity contribution in [3.63, 3.8) is 0 Å². The standard InChI is InChI=1S/C24H31N3O3/c1-5-6-7-10-15-27-20-12-9-8-11-19(20)26-23(27)17(2)25-24(28)18-13-14-21(29-3)22(16-18)30-4/h8-9,11-14,16-17H,5-7,10,15H2,1-4H3,(H,25,28). The Morgan fingerprint density at radius 3 is 2.57 bits per heavy atom. The van der Waals surface area contributed by atoms with Crippen molar-refractivity contribution < 1.29 is 14.3 Å². The first-order chi connectivity index (χ1) is 14.6. The molecule has 2 aromatic carbocycles. The lowest BCUT2D eigenvalue weighted by Gasteiger charge is -2.17. The number of carbonyl (C=O) groups excluding carboxylic acids is 1. The zero-order chi connectivity index (χ0) is 21.5. The predicted octanol–water partition coefficient (Wildman–Crippen LogP) is 5.12. The highest BCUT2D eigenvalue weighted by Crippen LogP contribution is 2.28. The Morgan fingerprint density at radius 2 is 1.83 bits per heavy atom. The summed E-state index contributed by atoms with van der Waals surface area (Å²) in [6.45, 7) is 5.08. The Kier molecular flexibility index (Phi) is 7.33. The average Bonchev–Trinajstić information content (AvgIpc) is 3.15. The van der Waals surface area contributed by atoms with Crippen LogP contribution < -0.4 is 14.8 Å². The lowest BCUT2D eigenvalue weighted by Crippen LogP contribution is -2.28. The van der Waals surface area contributed by atoms with E-state index in [1.54, 1.807) is 32.4 Å². The van der Waals surface area contributed by atoms with Gasteiger partial charge in [0, 0.05) is 12.1 Å². The largest absolute Gasteiger partial charge is 0.493 e. The van der Waals surface area contributed by atoms with Crippen LogP contribution >= 0.6 is 0 Å². The van der Waals surface area contributed by atoms with Gasteiger partial charge in [-0.25, -0.2) is 4.98 Å². The van der Waals surface area contributed by atoms with E-state index in [1.807, 2.05) is 25.1 Å². The lowest BCUT2D eigenvalue weighted by atomic mass is 10.1. The van der Waals surface area contributed by atoms with Crippen LogP contribution in [0.5, 0.6) is 11.5 Å². The number of aromatic nitrogens is 2. The fourth-order valence-electron chi connectivity index (χ4n) is 3.68. The second-order valence-corrected chi connectivity index (χ2v) is 7.44. The van der Waals surface area contributed by atoms with Crippen molar-refractivity contribution in [3.8, 4) is 11.5 Å². The van der Waals surface area contributed by atoms with E-state index < -0.39 is 0 Å². The third-order valence-electron chi connectivity index (χ3n) is 5.30. The van der Waals surface area contributed by atoms with E-state index >= 15 is 0 Å². The summed E-state index contributed by atoms with van der Waals surface area (Å²) >= 11 is 0. The minimum absolute atomic E-state index is 0.173. The van der Waals surface area contributed by atoms with Gasteiger partial charge in [-0.2, -0.15) is 0 Å². The first kappa shape index (κ1) is 21.7. The van der Waals surface area contributed by atoms with Gasteiger partial charge in [-0.1, -0.05) is 38.3 Å². The first-order valence-corrected chi connectivity index (χ1v) is 10.6. The molecule has 6 nitrogen and oxygen atoms in total. The average molecular weight is 410 g/mol. The molecule has 3 aromatic rings. The molecule has 3 rings (SSSR count). The maximum Gasteiger partial charge on any atom is 0.251 e. The molecule has 0 aliphatic heterocycles. The normalized spacial score (nSPS) is 12.0. The van der Waals surface area contributed by atoms with Gasteiger partial charge in [0.25, 0.3) is 5.91 Å². The molecule has 0 bridgehead atoms. The third kappa shape index (κ3) is 4.75. The Morgan fingerprint density at radius 1 is 1.07 bits per heavy atom. The van der Waals surface area contributed by atoms with Crippen LogP contribution in [-0.4, -0.2) is 29.7 Å². The van der Waals surface area contributed by atoms with E-state index in [9.17, 15) is 4.79 Å². The van der Waals surface area contributed by atoms with Crippen molar-refractivity contribution in [2.24, 2.45) is 0 Å². The third-order valence-corrected chi connectivity index (χ3v) is 5.30. The Bertz CT molecular complexity index is 997. The van der Waals surface area contributed by atoms with E-state index in [-0.39, 0.29) is 11.9 Å². The molecule has 1 amide bonds. The van der Waals surface area contributed by atoms with E-state index in [1.165, 1.54) is 19.3 Å². The number of imidazole rings is 1. The van der Waals surface area contributed by atoms with Crippen LogP contribution in [0.2, 0.25) is 0 Å². The molecule has 1 heterocycles.